The molecule has 1 aromatic carbocycles. The first-order chi connectivity index (χ1) is 11.8. The zero-order valence-corrected chi connectivity index (χ0v) is 15.8. The number of aliphatic hydroxyl groups is 1. The van der Waals surface area contributed by atoms with Crippen LogP contribution in [-0.2, 0) is 10.0 Å². The van der Waals surface area contributed by atoms with Gasteiger partial charge >= 0.3 is 0 Å². The van der Waals surface area contributed by atoms with Crippen molar-refractivity contribution in [2.45, 2.75) is 58.1 Å². The Morgan fingerprint density at radius 3 is 2.60 bits per heavy atom. The lowest BCUT2D eigenvalue weighted by Gasteiger charge is -2.36. The van der Waals surface area contributed by atoms with Crippen LogP contribution >= 0.6 is 0 Å². The van der Waals surface area contributed by atoms with Crippen LogP contribution < -0.4 is 4.72 Å². The minimum atomic E-state index is -3.33. The fourth-order valence-corrected chi connectivity index (χ4v) is 4.39. The third kappa shape index (κ3) is 5.71. The summed E-state index contributed by atoms with van der Waals surface area (Å²) in [5, 5.41) is 9.66. The molecule has 2 atom stereocenters. The zero-order valence-electron chi connectivity index (χ0n) is 14.9. The number of nitrogens with zero attached hydrogens (tertiary/aromatic N) is 1. The number of hydrogen-bond donors (Lipinski definition) is 2. The molecular weight excluding hydrogens is 340 g/mol. The number of hydrogen-bond acceptors (Lipinski definition) is 4. The molecule has 2 unspecified atom stereocenters. The smallest absolute Gasteiger partial charge is 0.254 e. The van der Waals surface area contributed by atoms with Crippen LogP contribution in [-0.4, -0.2) is 48.8 Å². The van der Waals surface area contributed by atoms with Crippen molar-refractivity contribution in [1.29, 1.82) is 0 Å². The summed E-state index contributed by atoms with van der Waals surface area (Å²) in [5.41, 5.74) is 1.00. The third-order valence-electron chi connectivity index (χ3n) is 4.38. The van der Waals surface area contributed by atoms with Crippen molar-refractivity contribution in [1.82, 2.24) is 4.90 Å². The molecule has 1 heterocycles. The van der Waals surface area contributed by atoms with Crippen LogP contribution in [0.5, 0.6) is 0 Å². The Morgan fingerprint density at radius 2 is 2.00 bits per heavy atom. The topological polar surface area (TPSA) is 86.7 Å². The maximum atomic E-state index is 12.8. The number of likely N-dealkylation sites (tertiary alicyclic amines) is 1. The summed E-state index contributed by atoms with van der Waals surface area (Å²) in [4.78, 5) is 14.6. The molecule has 0 spiro atoms. The summed E-state index contributed by atoms with van der Waals surface area (Å²) in [6.07, 6.45) is 3.64. The van der Waals surface area contributed by atoms with Crippen LogP contribution in [0.25, 0.3) is 0 Å². The van der Waals surface area contributed by atoms with E-state index in [2.05, 4.69) is 4.72 Å². The van der Waals surface area contributed by atoms with E-state index in [4.69, 9.17) is 0 Å². The number of sulfonamides is 1. The molecule has 1 amide bonds. The standard InChI is InChI=1S/C18H28N2O4S/c1-3-12-25(23,24)19-16-9-7-15(8-10-16)18(22)20-11-5-4-6-17(20)13-14(2)21/h7-10,14,17,19,21H,3-6,11-13H2,1-2H3. The predicted molar refractivity (Wildman–Crippen MR) is 99.1 cm³/mol. The number of carbonyl (C=O) groups is 1. The molecule has 140 valence electrons. The fourth-order valence-electron chi connectivity index (χ4n) is 3.25. The number of amides is 1. The quantitative estimate of drug-likeness (QED) is 0.774. The van der Waals surface area contributed by atoms with Gasteiger partial charge in [0, 0.05) is 23.8 Å². The minimum Gasteiger partial charge on any atom is -0.393 e. The van der Waals surface area contributed by atoms with Crippen LogP contribution in [0.15, 0.2) is 24.3 Å². The second-order valence-corrected chi connectivity index (χ2v) is 8.57. The molecule has 0 radical (unpaired) electrons. The monoisotopic (exact) mass is 368 g/mol. The second kappa shape index (κ2) is 8.67. The molecular formula is C18H28N2O4S. The number of carbonyl (C=O) groups excluding carboxylic acids is 1. The summed E-state index contributed by atoms with van der Waals surface area (Å²) in [5.74, 6) is 0.0102. The van der Waals surface area contributed by atoms with E-state index in [1.807, 2.05) is 11.8 Å². The Balaban J connectivity index is 2.08. The predicted octanol–water partition coefficient (Wildman–Crippen LogP) is 2.60. The van der Waals surface area contributed by atoms with E-state index in [9.17, 15) is 18.3 Å². The van der Waals surface area contributed by atoms with Crippen LogP contribution in [0.2, 0.25) is 0 Å². The van der Waals surface area contributed by atoms with Gasteiger partial charge in [0.05, 0.1) is 11.9 Å². The van der Waals surface area contributed by atoms with Crippen LogP contribution in [0, 0.1) is 0 Å². The van der Waals surface area contributed by atoms with Crippen molar-refractivity contribution in [3.05, 3.63) is 29.8 Å². The largest absolute Gasteiger partial charge is 0.393 e. The van der Waals surface area contributed by atoms with Crippen molar-refractivity contribution in [3.8, 4) is 0 Å². The molecule has 6 nitrogen and oxygen atoms in total. The molecule has 1 aliphatic rings. The molecule has 0 aliphatic carbocycles. The molecule has 1 saturated heterocycles. The second-order valence-electron chi connectivity index (χ2n) is 6.73. The van der Waals surface area contributed by atoms with Gasteiger partial charge < -0.3 is 10.0 Å². The Morgan fingerprint density at radius 1 is 1.32 bits per heavy atom. The Bertz CT molecular complexity index is 671. The van der Waals surface area contributed by atoms with Gasteiger partial charge in [-0.05, 0) is 63.3 Å². The summed E-state index contributed by atoms with van der Waals surface area (Å²) < 4.78 is 26.1. The van der Waals surface area contributed by atoms with Crippen molar-refractivity contribution in [2.24, 2.45) is 0 Å². The van der Waals surface area contributed by atoms with E-state index in [1.54, 1.807) is 31.2 Å². The van der Waals surface area contributed by atoms with Crippen LogP contribution in [0.1, 0.15) is 56.3 Å². The maximum Gasteiger partial charge on any atom is 0.254 e. The first-order valence-corrected chi connectivity index (χ1v) is 10.6. The number of piperidine rings is 1. The highest BCUT2D eigenvalue weighted by atomic mass is 32.2. The average Bonchev–Trinajstić information content (AvgIpc) is 2.54. The van der Waals surface area contributed by atoms with E-state index >= 15 is 0 Å². The fraction of sp³-hybridized carbons (Fsp3) is 0.611. The van der Waals surface area contributed by atoms with Gasteiger partial charge in [-0.2, -0.15) is 0 Å². The number of nitrogens with one attached hydrogen (secondary N) is 1. The van der Waals surface area contributed by atoms with E-state index in [1.165, 1.54) is 0 Å². The van der Waals surface area contributed by atoms with Gasteiger partial charge in [-0.25, -0.2) is 8.42 Å². The van der Waals surface area contributed by atoms with Crippen LogP contribution in [0.4, 0.5) is 5.69 Å². The van der Waals surface area contributed by atoms with Gasteiger partial charge in [0.2, 0.25) is 10.0 Å². The van der Waals surface area contributed by atoms with E-state index in [0.717, 1.165) is 19.3 Å². The Labute approximate surface area is 150 Å². The van der Waals surface area contributed by atoms with E-state index in [0.29, 0.717) is 30.6 Å². The third-order valence-corrected chi connectivity index (χ3v) is 5.87. The molecule has 7 heteroatoms. The highest BCUT2D eigenvalue weighted by molar-refractivity contribution is 7.92. The van der Waals surface area contributed by atoms with E-state index < -0.39 is 16.1 Å². The van der Waals surface area contributed by atoms with Crippen molar-refractivity contribution >= 4 is 21.6 Å². The minimum absolute atomic E-state index is 0.0592. The highest BCUT2D eigenvalue weighted by Gasteiger charge is 2.28. The first-order valence-electron chi connectivity index (χ1n) is 8.92. The molecule has 2 rings (SSSR count). The molecule has 2 N–H and O–H groups in total. The van der Waals surface area contributed by atoms with Gasteiger partial charge in [0.1, 0.15) is 0 Å². The number of rotatable bonds is 7. The van der Waals surface area contributed by atoms with Crippen LogP contribution in [0.3, 0.4) is 0 Å². The lowest BCUT2D eigenvalue weighted by Crippen LogP contribution is -2.45. The molecule has 1 aromatic rings. The Kier molecular flexibility index (Phi) is 6.84. The lowest BCUT2D eigenvalue weighted by molar-refractivity contribution is 0.0515. The Hall–Kier alpha value is -1.60. The normalized spacial score (nSPS) is 19.5. The van der Waals surface area contributed by atoms with Gasteiger partial charge in [-0.1, -0.05) is 6.92 Å². The average molecular weight is 368 g/mol. The first kappa shape index (κ1) is 19.7. The molecule has 0 bridgehead atoms. The summed E-state index contributed by atoms with van der Waals surface area (Å²) in [6, 6.07) is 6.60. The molecule has 0 aromatic heterocycles. The van der Waals surface area contributed by atoms with Gasteiger partial charge in [0.15, 0.2) is 0 Å². The lowest BCUT2D eigenvalue weighted by atomic mass is 9.96. The number of benzene rings is 1. The van der Waals surface area contributed by atoms with Gasteiger partial charge in [-0.15, -0.1) is 0 Å². The number of anilines is 1. The number of aliphatic hydroxyl groups excluding tert-OH is 1. The highest BCUT2D eigenvalue weighted by Crippen LogP contribution is 2.23. The zero-order chi connectivity index (χ0) is 18.4. The summed E-state index contributed by atoms with van der Waals surface area (Å²) >= 11 is 0. The molecule has 1 aliphatic heterocycles. The maximum absolute atomic E-state index is 12.8. The summed E-state index contributed by atoms with van der Waals surface area (Å²) in [6.45, 7) is 4.25. The van der Waals surface area contributed by atoms with Gasteiger partial charge in [-0.3, -0.25) is 9.52 Å². The summed E-state index contributed by atoms with van der Waals surface area (Å²) in [7, 11) is -3.33. The van der Waals surface area contributed by atoms with Crippen molar-refractivity contribution < 1.29 is 18.3 Å². The van der Waals surface area contributed by atoms with E-state index in [-0.39, 0.29) is 17.7 Å². The van der Waals surface area contributed by atoms with Gasteiger partial charge in [0.25, 0.3) is 5.91 Å². The molecule has 25 heavy (non-hydrogen) atoms. The van der Waals surface area contributed by atoms with Crippen molar-refractivity contribution in [3.63, 3.8) is 0 Å². The molecule has 1 fully saturated rings. The molecule has 0 saturated carbocycles. The van der Waals surface area contributed by atoms with Crippen molar-refractivity contribution in [2.75, 3.05) is 17.0 Å². The SMILES string of the molecule is CCCS(=O)(=O)Nc1ccc(C(=O)N2CCCCC2CC(C)O)cc1.